The van der Waals surface area contributed by atoms with Gasteiger partial charge in [-0.3, -0.25) is 4.79 Å². The summed E-state index contributed by atoms with van der Waals surface area (Å²) < 4.78 is 5.30. The van der Waals surface area contributed by atoms with Gasteiger partial charge in [0, 0.05) is 17.0 Å². The number of carbonyl (C=O) groups excluding carboxylic acids is 1. The zero-order valence-electron chi connectivity index (χ0n) is 14.7. The molecule has 134 valence electrons. The predicted molar refractivity (Wildman–Crippen MR) is 101 cm³/mol. The largest absolute Gasteiger partial charge is 0.345 e. The molecule has 0 spiro atoms. The highest BCUT2D eigenvalue weighted by atomic mass is 35.5. The van der Waals surface area contributed by atoms with E-state index in [9.17, 15) is 4.79 Å². The fourth-order valence-corrected chi connectivity index (χ4v) is 2.72. The first-order valence-corrected chi connectivity index (χ1v) is 8.84. The minimum Gasteiger partial charge on any atom is -0.345 e. The van der Waals surface area contributed by atoms with Gasteiger partial charge in [-0.25, -0.2) is 0 Å². The zero-order chi connectivity index (χ0) is 18.5. The number of hydrogen-bond acceptors (Lipinski definition) is 4. The van der Waals surface area contributed by atoms with Crippen molar-refractivity contribution < 1.29 is 9.32 Å². The Hall–Kier alpha value is -2.66. The van der Waals surface area contributed by atoms with Gasteiger partial charge in [-0.2, -0.15) is 4.98 Å². The number of halogens is 1. The molecule has 0 saturated carbocycles. The summed E-state index contributed by atoms with van der Waals surface area (Å²) >= 11 is 6.14. The number of nitrogens with zero attached hydrogens (tertiary/aromatic N) is 2. The Balaban J connectivity index is 1.59. The molecule has 1 atom stereocenters. The molecule has 3 aromatic rings. The number of rotatable bonds is 6. The highest BCUT2D eigenvalue weighted by molar-refractivity contribution is 6.31. The summed E-state index contributed by atoms with van der Waals surface area (Å²) in [4.78, 5) is 16.5. The lowest BCUT2D eigenvalue weighted by Crippen LogP contribution is -2.27. The molecule has 26 heavy (non-hydrogen) atoms. The molecule has 5 nitrogen and oxygen atoms in total. The number of nitrogens with one attached hydrogen (secondary N) is 1. The van der Waals surface area contributed by atoms with Gasteiger partial charge in [0.05, 0.1) is 0 Å². The van der Waals surface area contributed by atoms with E-state index in [1.54, 1.807) is 6.07 Å². The van der Waals surface area contributed by atoms with Gasteiger partial charge in [-0.1, -0.05) is 59.2 Å². The third-order valence-corrected chi connectivity index (χ3v) is 4.51. The lowest BCUT2D eigenvalue weighted by Gasteiger charge is -2.09. The first kappa shape index (κ1) is 18.1. The maximum Gasteiger partial charge on any atom is 0.249 e. The van der Waals surface area contributed by atoms with Crippen LogP contribution in [0.1, 0.15) is 36.4 Å². The third kappa shape index (κ3) is 4.49. The van der Waals surface area contributed by atoms with E-state index in [4.69, 9.17) is 16.1 Å². The monoisotopic (exact) mass is 369 g/mol. The van der Waals surface area contributed by atoms with E-state index in [0.717, 1.165) is 16.7 Å². The molecule has 3 rings (SSSR count). The van der Waals surface area contributed by atoms with Crippen LogP contribution in [-0.2, 0) is 11.2 Å². The van der Waals surface area contributed by atoms with E-state index in [-0.39, 0.29) is 11.9 Å². The molecule has 0 unspecified atom stereocenters. The zero-order valence-corrected chi connectivity index (χ0v) is 15.5. The van der Waals surface area contributed by atoms with Crippen LogP contribution in [0.5, 0.6) is 0 Å². The molecule has 0 saturated heterocycles. The van der Waals surface area contributed by atoms with Crippen LogP contribution in [0, 0.1) is 6.92 Å². The van der Waals surface area contributed by atoms with Crippen molar-refractivity contribution in [3.63, 3.8) is 0 Å². The second-order valence-electron chi connectivity index (χ2n) is 6.19. The summed E-state index contributed by atoms with van der Waals surface area (Å²) in [5.41, 5.74) is 2.89. The van der Waals surface area contributed by atoms with Gasteiger partial charge in [-0.15, -0.1) is 0 Å². The van der Waals surface area contributed by atoms with E-state index >= 15 is 0 Å². The summed E-state index contributed by atoms with van der Waals surface area (Å²) in [6.07, 6.45) is 1.10. The Bertz CT molecular complexity index is 893. The van der Waals surface area contributed by atoms with Crippen molar-refractivity contribution in [1.82, 2.24) is 15.5 Å². The van der Waals surface area contributed by atoms with Crippen molar-refractivity contribution >= 4 is 17.5 Å². The minimum absolute atomic E-state index is 0.0560. The van der Waals surface area contributed by atoms with Gasteiger partial charge in [0.2, 0.25) is 17.6 Å². The Morgan fingerprint density at radius 1 is 1.23 bits per heavy atom. The van der Waals surface area contributed by atoms with Crippen molar-refractivity contribution in [3.05, 3.63) is 70.6 Å². The van der Waals surface area contributed by atoms with Gasteiger partial charge in [0.1, 0.15) is 6.04 Å². The van der Waals surface area contributed by atoms with Crippen molar-refractivity contribution in [1.29, 1.82) is 0 Å². The molecule has 0 aliphatic carbocycles. The maximum absolute atomic E-state index is 12.1. The number of amides is 1. The minimum atomic E-state index is -0.361. The normalized spacial score (nSPS) is 12.0. The van der Waals surface area contributed by atoms with Crippen LogP contribution in [0.2, 0.25) is 5.02 Å². The van der Waals surface area contributed by atoms with Crippen LogP contribution in [0.4, 0.5) is 0 Å². The molecular weight excluding hydrogens is 350 g/mol. The molecule has 1 amide bonds. The van der Waals surface area contributed by atoms with Crippen LogP contribution in [0.25, 0.3) is 11.4 Å². The van der Waals surface area contributed by atoms with Crippen LogP contribution in [0.3, 0.4) is 0 Å². The van der Waals surface area contributed by atoms with Crippen molar-refractivity contribution in [3.8, 4) is 11.4 Å². The second-order valence-corrected chi connectivity index (χ2v) is 6.60. The average molecular weight is 370 g/mol. The predicted octanol–water partition coefficient (Wildman–Crippen LogP) is 4.51. The van der Waals surface area contributed by atoms with Crippen LogP contribution in [0.15, 0.2) is 53.1 Å². The summed E-state index contributed by atoms with van der Waals surface area (Å²) in [7, 11) is 0. The standard InChI is InChI=1S/C20H20ClN3O2/c1-13-8-10-16(12-17(13)21)19-23-20(26-24-19)14(2)22-18(25)11-9-15-6-4-3-5-7-15/h3-8,10,12,14H,9,11H2,1-2H3,(H,22,25)/t14-/m0/s1. The van der Waals surface area contributed by atoms with Gasteiger partial charge >= 0.3 is 0 Å². The maximum atomic E-state index is 12.1. The lowest BCUT2D eigenvalue weighted by molar-refractivity contribution is -0.121. The molecule has 1 N–H and O–H groups in total. The second kappa shape index (κ2) is 8.15. The third-order valence-electron chi connectivity index (χ3n) is 4.10. The molecular formula is C20H20ClN3O2. The van der Waals surface area contributed by atoms with Crippen LogP contribution >= 0.6 is 11.6 Å². The fraction of sp³-hybridized carbons (Fsp3) is 0.250. The summed E-state index contributed by atoms with van der Waals surface area (Å²) in [6, 6.07) is 15.1. The number of hydrogen-bond donors (Lipinski definition) is 1. The van der Waals surface area contributed by atoms with Crippen LogP contribution < -0.4 is 5.32 Å². The van der Waals surface area contributed by atoms with E-state index in [2.05, 4.69) is 15.5 Å². The van der Waals surface area contributed by atoms with Gasteiger partial charge in [0.25, 0.3) is 0 Å². The van der Waals surface area contributed by atoms with Gasteiger partial charge in [0.15, 0.2) is 0 Å². The Morgan fingerprint density at radius 2 is 2.00 bits per heavy atom. The molecule has 0 aliphatic rings. The quantitative estimate of drug-likeness (QED) is 0.694. The van der Waals surface area contributed by atoms with E-state index in [1.807, 2.05) is 56.3 Å². The number of benzene rings is 2. The smallest absolute Gasteiger partial charge is 0.249 e. The van der Waals surface area contributed by atoms with Crippen molar-refractivity contribution in [2.45, 2.75) is 32.7 Å². The first-order valence-electron chi connectivity index (χ1n) is 8.46. The van der Waals surface area contributed by atoms with Gasteiger partial charge < -0.3 is 9.84 Å². The van der Waals surface area contributed by atoms with Crippen molar-refractivity contribution in [2.75, 3.05) is 0 Å². The number of aromatic nitrogens is 2. The topological polar surface area (TPSA) is 68.0 Å². The average Bonchev–Trinajstić information content (AvgIpc) is 3.13. The number of aryl methyl sites for hydroxylation is 2. The van der Waals surface area contributed by atoms with E-state index in [1.165, 1.54) is 0 Å². The highest BCUT2D eigenvalue weighted by Crippen LogP contribution is 2.24. The summed E-state index contributed by atoms with van der Waals surface area (Å²) in [5.74, 6) is 0.761. The Kier molecular flexibility index (Phi) is 5.68. The molecule has 0 bridgehead atoms. The molecule has 0 fully saturated rings. The molecule has 0 radical (unpaired) electrons. The van der Waals surface area contributed by atoms with E-state index in [0.29, 0.717) is 29.6 Å². The lowest BCUT2D eigenvalue weighted by atomic mass is 10.1. The first-order chi connectivity index (χ1) is 12.5. The Labute approximate surface area is 157 Å². The summed E-state index contributed by atoms with van der Waals surface area (Å²) in [6.45, 7) is 3.75. The molecule has 2 aromatic carbocycles. The SMILES string of the molecule is Cc1ccc(-c2noc([C@H](C)NC(=O)CCc3ccccc3)n2)cc1Cl. The molecule has 1 aromatic heterocycles. The van der Waals surface area contributed by atoms with E-state index < -0.39 is 0 Å². The highest BCUT2D eigenvalue weighted by Gasteiger charge is 2.17. The number of carbonyl (C=O) groups is 1. The summed E-state index contributed by atoms with van der Waals surface area (Å²) in [5, 5.41) is 7.52. The molecule has 1 heterocycles. The molecule has 0 aliphatic heterocycles. The fourth-order valence-electron chi connectivity index (χ4n) is 2.54. The van der Waals surface area contributed by atoms with Crippen molar-refractivity contribution in [2.24, 2.45) is 0 Å². The van der Waals surface area contributed by atoms with Gasteiger partial charge in [-0.05, 0) is 37.5 Å². The Morgan fingerprint density at radius 3 is 2.73 bits per heavy atom. The van der Waals surface area contributed by atoms with Crippen LogP contribution in [-0.4, -0.2) is 16.0 Å². The molecule has 6 heteroatoms.